The Hall–Kier alpha value is -0.780. The fourth-order valence-corrected chi connectivity index (χ4v) is 2.64. The lowest BCUT2D eigenvalue weighted by atomic mass is 9.88. The van der Waals surface area contributed by atoms with Crippen molar-refractivity contribution in [1.82, 2.24) is 0 Å². The third kappa shape index (κ3) is 1.58. The second-order valence-electron chi connectivity index (χ2n) is 4.73. The Kier molecular flexibility index (Phi) is 2.62. The molecular formula is C14H20. The van der Waals surface area contributed by atoms with Crippen molar-refractivity contribution in [3.8, 4) is 0 Å². The van der Waals surface area contributed by atoms with Crippen molar-refractivity contribution < 1.29 is 0 Å². The van der Waals surface area contributed by atoms with E-state index in [-0.39, 0.29) is 0 Å². The second kappa shape index (κ2) is 3.76. The molecule has 1 aromatic rings. The van der Waals surface area contributed by atoms with Crippen molar-refractivity contribution in [3.05, 3.63) is 35.9 Å². The minimum atomic E-state index is 0.553. The maximum absolute atomic E-state index is 2.39. The number of rotatable bonds is 4. The number of benzene rings is 1. The van der Waals surface area contributed by atoms with Gasteiger partial charge in [-0.2, -0.15) is 0 Å². The van der Waals surface area contributed by atoms with Crippen LogP contribution in [0.1, 0.15) is 45.1 Å². The highest BCUT2D eigenvalue weighted by Crippen LogP contribution is 2.57. The van der Waals surface area contributed by atoms with Gasteiger partial charge in [-0.15, -0.1) is 0 Å². The highest BCUT2D eigenvalue weighted by atomic mass is 14.5. The lowest BCUT2D eigenvalue weighted by Crippen LogP contribution is -2.08. The molecule has 0 heteroatoms. The van der Waals surface area contributed by atoms with Gasteiger partial charge < -0.3 is 0 Å². The quantitative estimate of drug-likeness (QED) is 0.665. The third-order valence-corrected chi connectivity index (χ3v) is 3.78. The van der Waals surface area contributed by atoms with Crippen LogP contribution in [0.4, 0.5) is 0 Å². The molecule has 2 atom stereocenters. The van der Waals surface area contributed by atoms with Gasteiger partial charge in [0.05, 0.1) is 0 Å². The first-order valence-electron chi connectivity index (χ1n) is 5.85. The van der Waals surface area contributed by atoms with Gasteiger partial charge in [-0.1, -0.05) is 57.0 Å². The first-order valence-corrected chi connectivity index (χ1v) is 5.85. The predicted octanol–water partition coefficient (Wildman–Crippen LogP) is 4.15. The Morgan fingerprint density at radius 3 is 2.43 bits per heavy atom. The van der Waals surface area contributed by atoms with Crippen LogP contribution in [0.2, 0.25) is 0 Å². The van der Waals surface area contributed by atoms with Gasteiger partial charge >= 0.3 is 0 Å². The molecule has 1 fully saturated rings. The molecule has 0 aliphatic heterocycles. The summed E-state index contributed by atoms with van der Waals surface area (Å²) in [6.45, 7) is 4.68. The molecule has 1 aliphatic carbocycles. The summed E-state index contributed by atoms with van der Waals surface area (Å²) >= 11 is 0. The van der Waals surface area contributed by atoms with Crippen LogP contribution in [0, 0.1) is 5.92 Å². The molecule has 14 heavy (non-hydrogen) atoms. The monoisotopic (exact) mass is 188 g/mol. The van der Waals surface area contributed by atoms with Crippen LogP contribution in [-0.2, 0) is 5.41 Å². The molecule has 0 radical (unpaired) electrons. The Morgan fingerprint density at radius 2 is 1.93 bits per heavy atom. The standard InChI is InChI=1S/C14H20/c1-3-4-10-14(11-12(14)2)13-8-6-5-7-9-13/h5-9,12H,3-4,10-11H2,1-2H3/t12-,14-/m0/s1. The second-order valence-corrected chi connectivity index (χ2v) is 4.73. The molecular weight excluding hydrogens is 168 g/mol. The van der Waals surface area contributed by atoms with E-state index in [1.165, 1.54) is 25.7 Å². The molecule has 2 rings (SSSR count). The highest BCUT2D eigenvalue weighted by Gasteiger charge is 2.50. The van der Waals surface area contributed by atoms with E-state index in [1.54, 1.807) is 5.56 Å². The number of hydrogen-bond donors (Lipinski definition) is 0. The summed E-state index contributed by atoms with van der Waals surface area (Å²) in [6.07, 6.45) is 5.48. The fraction of sp³-hybridized carbons (Fsp3) is 0.571. The minimum Gasteiger partial charge on any atom is -0.0654 e. The van der Waals surface area contributed by atoms with Gasteiger partial charge in [0, 0.05) is 0 Å². The van der Waals surface area contributed by atoms with E-state index in [9.17, 15) is 0 Å². The molecule has 0 bridgehead atoms. The summed E-state index contributed by atoms with van der Waals surface area (Å²) in [5.41, 5.74) is 2.12. The normalized spacial score (nSPS) is 30.3. The Morgan fingerprint density at radius 1 is 1.29 bits per heavy atom. The maximum Gasteiger partial charge on any atom is -0.00182 e. The van der Waals surface area contributed by atoms with E-state index >= 15 is 0 Å². The summed E-state index contributed by atoms with van der Waals surface area (Å²) in [5, 5.41) is 0. The molecule has 0 heterocycles. The highest BCUT2D eigenvalue weighted by molar-refractivity contribution is 5.32. The van der Waals surface area contributed by atoms with Gasteiger partial charge in [-0.05, 0) is 29.7 Å². The zero-order valence-electron chi connectivity index (χ0n) is 9.29. The van der Waals surface area contributed by atoms with E-state index in [0.717, 1.165) is 5.92 Å². The molecule has 1 aromatic carbocycles. The van der Waals surface area contributed by atoms with Crippen molar-refractivity contribution >= 4 is 0 Å². The van der Waals surface area contributed by atoms with Crippen LogP contribution < -0.4 is 0 Å². The van der Waals surface area contributed by atoms with E-state index < -0.39 is 0 Å². The average Bonchev–Trinajstić information content (AvgIpc) is 2.89. The van der Waals surface area contributed by atoms with Gasteiger partial charge in [0.2, 0.25) is 0 Å². The molecule has 0 nitrogen and oxygen atoms in total. The van der Waals surface area contributed by atoms with Crippen LogP contribution in [0.3, 0.4) is 0 Å². The van der Waals surface area contributed by atoms with E-state index in [0.29, 0.717) is 5.41 Å². The van der Waals surface area contributed by atoms with Gasteiger partial charge in [-0.25, -0.2) is 0 Å². The van der Waals surface area contributed by atoms with E-state index in [1.807, 2.05) is 0 Å². The van der Waals surface area contributed by atoms with E-state index in [2.05, 4.69) is 44.2 Å². The molecule has 0 unspecified atom stereocenters. The van der Waals surface area contributed by atoms with Crippen molar-refractivity contribution in [2.75, 3.05) is 0 Å². The molecule has 0 spiro atoms. The molecule has 0 amide bonds. The summed E-state index contributed by atoms with van der Waals surface area (Å²) in [6, 6.07) is 11.1. The molecule has 1 saturated carbocycles. The Balaban J connectivity index is 2.14. The summed E-state index contributed by atoms with van der Waals surface area (Å²) in [7, 11) is 0. The fourth-order valence-electron chi connectivity index (χ4n) is 2.64. The van der Waals surface area contributed by atoms with Crippen LogP contribution in [0.15, 0.2) is 30.3 Å². The van der Waals surface area contributed by atoms with Gasteiger partial charge in [0.1, 0.15) is 0 Å². The van der Waals surface area contributed by atoms with Crippen LogP contribution >= 0.6 is 0 Å². The van der Waals surface area contributed by atoms with Crippen molar-refractivity contribution in [2.24, 2.45) is 5.92 Å². The predicted molar refractivity (Wildman–Crippen MR) is 61.4 cm³/mol. The number of hydrogen-bond acceptors (Lipinski definition) is 0. The summed E-state index contributed by atoms with van der Waals surface area (Å²) in [5.74, 6) is 0.899. The topological polar surface area (TPSA) is 0 Å². The van der Waals surface area contributed by atoms with Crippen LogP contribution in [-0.4, -0.2) is 0 Å². The molecule has 0 aromatic heterocycles. The summed E-state index contributed by atoms with van der Waals surface area (Å²) in [4.78, 5) is 0. The smallest absolute Gasteiger partial charge is 0.00182 e. The zero-order chi connectivity index (χ0) is 10.0. The minimum absolute atomic E-state index is 0.553. The van der Waals surface area contributed by atoms with Crippen molar-refractivity contribution in [3.63, 3.8) is 0 Å². The molecule has 0 saturated heterocycles. The van der Waals surface area contributed by atoms with Gasteiger partial charge in [0.25, 0.3) is 0 Å². The van der Waals surface area contributed by atoms with Gasteiger partial charge in [0.15, 0.2) is 0 Å². The average molecular weight is 188 g/mol. The SMILES string of the molecule is CCCC[C@]1(c2ccccc2)C[C@@H]1C. The first-order chi connectivity index (χ1) is 6.79. The molecule has 0 N–H and O–H groups in total. The molecule has 1 aliphatic rings. The van der Waals surface area contributed by atoms with Crippen molar-refractivity contribution in [1.29, 1.82) is 0 Å². The Labute approximate surface area is 87.3 Å². The van der Waals surface area contributed by atoms with E-state index in [4.69, 9.17) is 0 Å². The molecule has 76 valence electrons. The first kappa shape index (κ1) is 9.76. The third-order valence-electron chi connectivity index (χ3n) is 3.78. The number of unbranched alkanes of at least 4 members (excludes halogenated alkanes) is 1. The van der Waals surface area contributed by atoms with Crippen molar-refractivity contribution in [2.45, 2.75) is 44.9 Å². The zero-order valence-corrected chi connectivity index (χ0v) is 9.29. The van der Waals surface area contributed by atoms with Crippen LogP contribution in [0.5, 0.6) is 0 Å². The Bertz CT molecular complexity index is 288. The van der Waals surface area contributed by atoms with Gasteiger partial charge in [-0.3, -0.25) is 0 Å². The summed E-state index contributed by atoms with van der Waals surface area (Å²) < 4.78 is 0. The van der Waals surface area contributed by atoms with Crippen LogP contribution in [0.25, 0.3) is 0 Å². The maximum atomic E-state index is 2.39. The lowest BCUT2D eigenvalue weighted by molar-refractivity contribution is 0.539. The lowest BCUT2D eigenvalue weighted by Gasteiger charge is -2.16. The largest absolute Gasteiger partial charge is 0.0654 e.